The second-order valence-corrected chi connectivity index (χ2v) is 3.34. The van der Waals surface area contributed by atoms with Crippen LogP contribution in [0.5, 0.6) is 0 Å². The van der Waals surface area contributed by atoms with Gasteiger partial charge in [-0.3, -0.25) is 0 Å². The number of aliphatic hydroxyl groups is 3. The van der Waals surface area contributed by atoms with E-state index in [1.807, 2.05) is 0 Å². The maximum atomic E-state index is 9.45. The molecular formula is C8H17NO5. The van der Waals surface area contributed by atoms with Crippen LogP contribution < -0.4 is 5.73 Å². The molecular weight excluding hydrogens is 190 g/mol. The number of nitrogens with two attached hydrogens (primary N) is 1. The van der Waals surface area contributed by atoms with E-state index in [9.17, 15) is 15.3 Å². The number of hydrogen-bond acceptors (Lipinski definition) is 6. The number of ether oxygens (including phenoxy) is 2. The highest BCUT2D eigenvalue weighted by Crippen LogP contribution is 2.21. The molecule has 1 saturated heterocycles. The van der Waals surface area contributed by atoms with E-state index in [0.29, 0.717) is 6.54 Å². The van der Waals surface area contributed by atoms with Gasteiger partial charge in [0.05, 0.1) is 12.7 Å². The monoisotopic (exact) mass is 207 g/mol. The molecule has 0 bridgehead atoms. The molecule has 5 N–H and O–H groups in total. The van der Waals surface area contributed by atoms with Gasteiger partial charge < -0.3 is 30.5 Å². The van der Waals surface area contributed by atoms with Gasteiger partial charge in [0.1, 0.15) is 18.3 Å². The van der Waals surface area contributed by atoms with E-state index in [4.69, 9.17) is 15.2 Å². The SMILES string of the molecule is C[C@H]1O[C@H](OCCN)[C@H](O)[C@@H](O)[C@H]1O. The fraction of sp³-hybridized carbons (Fsp3) is 1.00. The third kappa shape index (κ3) is 2.41. The van der Waals surface area contributed by atoms with Crippen molar-refractivity contribution in [3.8, 4) is 0 Å². The zero-order valence-electron chi connectivity index (χ0n) is 8.04. The Balaban J connectivity index is 2.52. The standard InChI is InChI=1S/C8H17NO5/c1-4-5(10)6(11)7(12)8(14-4)13-3-2-9/h4-8,10-12H,2-3,9H2,1H3/t4-,5+,6+,7-,8+/m1/s1. The molecule has 0 aliphatic carbocycles. The van der Waals surface area contributed by atoms with Crippen LogP contribution in [0.2, 0.25) is 0 Å². The second-order valence-electron chi connectivity index (χ2n) is 3.34. The van der Waals surface area contributed by atoms with Gasteiger partial charge in [-0.1, -0.05) is 0 Å². The van der Waals surface area contributed by atoms with Crippen molar-refractivity contribution in [3.63, 3.8) is 0 Å². The Morgan fingerprint density at radius 1 is 1.21 bits per heavy atom. The summed E-state index contributed by atoms with van der Waals surface area (Å²) in [7, 11) is 0. The zero-order chi connectivity index (χ0) is 10.7. The van der Waals surface area contributed by atoms with Gasteiger partial charge in [0.25, 0.3) is 0 Å². The third-order valence-electron chi connectivity index (χ3n) is 2.21. The summed E-state index contributed by atoms with van der Waals surface area (Å²) in [5.41, 5.74) is 5.21. The van der Waals surface area contributed by atoms with Crippen LogP contribution in [0.25, 0.3) is 0 Å². The van der Waals surface area contributed by atoms with Crippen molar-refractivity contribution in [2.75, 3.05) is 13.2 Å². The summed E-state index contributed by atoms with van der Waals surface area (Å²) in [6, 6.07) is 0. The number of rotatable bonds is 3. The van der Waals surface area contributed by atoms with Crippen molar-refractivity contribution < 1.29 is 24.8 Å². The molecule has 5 atom stereocenters. The van der Waals surface area contributed by atoms with Gasteiger partial charge in [-0.25, -0.2) is 0 Å². The molecule has 6 heteroatoms. The van der Waals surface area contributed by atoms with Gasteiger partial charge in [-0.2, -0.15) is 0 Å². The Hall–Kier alpha value is -0.240. The topological polar surface area (TPSA) is 105 Å². The number of hydrogen-bond donors (Lipinski definition) is 4. The maximum absolute atomic E-state index is 9.45. The highest BCUT2D eigenvalue weighted by atomic mass is 16.7. The molecule has 1 heterocycles. The average molecular weight is 207 g/mol. The molecule has 1 aliphatic rings. The lowest BCUT2D eigenvalue weighted by Gasteiger charge is -2.38. The van der Waals surface area contributed by atoms with Crippen LogP contribution in [0.3, 0.4) is 0 Å². The Morgan fingerprint density at radius 2 is 1.86 bits per heavy atom. The fourth-order valence-corrected chi connectivity index (χ4v) is 1.34. The minimum absolute atomic E-state index is 0.233. The molecule has 0 aromatic heterocycles. The summed E-state index contributed by atoms with van der Waals surface area (Å²) in [6.45, 7) is 2.13. The van der Waals surface area contributed by atoms with Gasteiger partial charge in [-0.15, -0.1) is 0 Å². The quantitative estimate of drug-likeness (QED) is 0.418. The van der Waals surface area contributed by atoms with E-state index in [1.165, 1.54) is 0 Å². The summed E-state index contributed by atoms with van der Waals surface area (Å²) in [4.78, 5) is 0. The summed E-state index contributed by atoms with van der Waals surface area (Å²) in [5, 5.41) is 28.2. The molecule has 84 valence electrons. The predicted molar refractivity (Wildman–Crippen MR) is 47.4 cm³/mol. The highest BCUT2D eigenvalue weighted by Gasteiger charge is 2.42. The molecule has 0 amide bonds. The van der Waals surface area contributed by atoms with Gasteiger partial charge in [0.2, 0.25) is 0 Å². The zero-order valence-corrected chi connectivity index (χ0v) is 8.04. The van der Waals surface area contributed by atoms with Crippen molar-refractivity contribution in [1.82, 2.24) is 0 Å². The lowest BCUT2D eigenvalue weighted by molar-refractivity contribution is -0.292. The van der Waals surface area contributed by atoms with Crippen LogP contribution in [0.1, 0.15) is 6.92 Å². The van der Waals surface area contributed by atoms with Crippen molar-refractivity contribution in [2.24, 2.45) is 5.73 Å². The van der Waals surface area contributed by atoms with E-state index in [-0.39, 0.29) is 6.61 Å². The van der Waals surface area contributed by atoms with Crippen molar-refractivity contribution >= 4 is 0 Å². The van der Waals surface area contributed by atoms with Gasteiger partial charge in [-0.05, 0) is 6.92 Å². The van der Waals surface area contributed by atoms with Crippen LogP contribution >= 0.6 is 0 Å². The van der Waals surface area contributed by atoms with Crippen molar-refractivity contribution in [1.29, 1.82) is 0 Å². The Labute approximate surface area is 82.2 Å². The summed E-state index contributed by atoms with van der Waals surface area (Å²) >= 11 is 0. The first-order chi connectivity index (χ1) is 6.57. The normalized spacial score (nSPS) is 43.9. The Bertz CT molecular complexity index is 179. The van der Waals surface area contributed by atoms with Gasteiger partial charge in [0.15, 0.2) is 6.29 Å². The van der Waals surface area contributed by atoms with E-state index < -0.39 is 30.7 Å². The van der Waals surface area contributed by atoms with Crippen LogP contribution in [0.15, 0.2) is 0 Å². The lowest BCUT2D eigenvalue weighted by atomic mass is 10.0. The van der Waals surface area contributed by atoms with Crippen LogP contribution in [-0.2, 0) is 9.47 Å². The molecule has 0 radical (unpaired) electrons. The molecule has 1 fully saturated rings. The van der Waals surface area contributed by atoms with E-state index in [2.05, 4.69) is 0 Å². The highest BCUT2D eigenvalue weighted by molar-refractivity contribution is 4.87. The smallest absolute Gasteiger partial charge is 0.186 e. The Kier molecular flexibility index (Phi) is 4.24. The minimum Gasteiger partial charge on any atom is -0.388 e. The molecule has 1 aliphatic heterocycles. The van der Waals surface area contributed by atoms with Crippen LogP contribution in [0.4, 0.5) is 0 Å². The van der Waals surface area contributed by atoms with Gasteiger partial charge in [0, 0.05) is 6.54 Å². The molecule has 0 aromatic rings. The third-order valence-corrected chi connectivity index (χ3v) is 2.21. The Morgan fingerprint density at radius 3 is 2.43 bits per heavy atom. The first-order valence-electron chi connectivity index (χ1n) is 4.59. The summed E-state index contributed by atoms with van der Waals surface area (Å²) in [5.74, 6) is 0. The molecule has 0 unspecified atom stereocenters. The molecule has 0 aromatic carbocycles. The predicted octanol–water partition coefficient (Wildman–Crippen LogP) is -2.21. The molecule has 1 rings (SSSR count). The molecule has 14 heavy (non-hydrogen) atoms. The second kappa shape index (κ2) is 5.01. The maximum Gasteiger partial charge on any atom is 0.186 e. The summed E-state index contributed by atoms with van der Waals surface area (Å²) in [6.07, 6.45) is -5.08. The lowest BCUT2D eigenvalue weighted by Crippen LogP contribution is -2.57. The van der Waals surface area contributed by atoms with Crippen molar-refractivity contribution in [2.45, 2.75) is 37.6 Å². The number of aliphatic hydroxyl groups excluding tert-OH is 3. The van der Waals surface area contributed by atoms with E-state index in [1.54, 1.807) is 6.92 Å². The largest absolute Gasteiger partial charge is 0.388 e. The summed E-state index contributed by atoms with van der Waals surface area (Å²) < 4.78 is 10.2. The van der Waals surface area contributed by atoms with Crippen LogP contribution in [-0.4, -0.2) is 59.2 Å². The first kappa shape index (κ1) is 11.8. The minimum atomic E-state index is -1.25. The van der Waals surface area contributed by atoms with E-state index in [0.717, 1.165) is 0 Å². The molecule has 0 saturated carbocycles. The van der Waals surface area contributed by atoms with Gasteiger partial charge >= 0.3 is 0 Å². The van der Waals surface area contributed by atoms with Crippen molar-refractivity contribution in [3.05, 3.63) is 0 Å². The first-order valence-corrected chi connectivity index (χ1v) is 4.59. The average Bonchev–Trinajstić information content (AvgIpc) is 2.18. The molecule has 6 nitrogen and oxygen atoms in total. The fourth-order valence-electron chi connectivity index (χ4n) is 1.34. The van der Waals surface area contributed by atoms with E-state index >= 15 is 0 Å². The van der Waals surface area contributed by atoms with Crippen LogP contribution in [0, 0.1) is 0 Å². The molecule has 0 spiro atoms.